The SMILES string of the molecule is CC(C)NCc1cc2ccccc2s1.Cl. The molecule has 15 heavy (non-hydrogen) atoms. The fourth-order valence-electron chi connectivity index (χ4n) is 1.43. The van der Waals surface area contributed by atoms with E-state index in [1.54, 1.807) is 0 Å². The van der Waals surface area contributed by atoms with Crippen molar-refractivity contribution >= 4 is 33.8 Å². The van der Waals surface area contributed by atoms with Gasteiger partial charge in [0, 0.05) is 22.2 Å². The third-order valence-corrected chi connectivity index (χ3v) is 3.28. The van der Waals surface area contributed by atoms with Crippen molar-refractivity contribution in [2.45, 2.75) is 26.4 Å². The van der Waals surface area contributed by atoms with E-state index in [4.69, 9.17) is 0 Å². The molecule has 0 fully saturated rings. The maximum Gasteiger partial charge on any atom is 0.0346 e. The van der Waals surface area contributed by atoms with Gasteiger partial charge in [-0.3, -0.25) is 0 Å². The normalized spacial score (nSPS) is 10.6. The summed E-state index contributed by atoms with van der Waals surface area (Å²) in [5.41, 5.74) is 0. The molecule has 1 heterocycles. The molecule has 0 saturated heterocycles. The summed E-state index contributed by atoms with van der Waals surface area (Å²) in [6, 6.07) is 11.4. The van der Waals surface area contributed by atoms with E-state index in [1.165, 1.54) is 15.0 Å². The molecule has 2 aromatic rings. The molecular formula is C12H16ClNS. The molecule has 0 radical (unpaired) electrons. The summed E-state index contributed by atoms with van der Waals surface area (Å²) in [6.45, 7) is 5.33. The van der Waals surface area contributed by atoms with Crippen LogP contribution in [0.5, 0.6) is 0 Å². The van der Waals surface area contributed by atoms with Gasteiger partial charge in [0.15, 0.2) is 0 Å². The van der Waals surface area contributed by atoms with Gasteiger partial charge in [-0.25, -0.2) is 0 Å². The highest BCUT2D eigenvalue weighted by atomic mass is 35.5. The first-order chi connectivity index (χ1) is 6.75. The topological polar surface area (TPSA) is 12.0 Å². The number of rotatable bonds is 3. The van der Waals surface area contributed by atoms with Gasteiger partial charge in [0.2, 0.25) is 0 Å². The van der Waals surface area contributed by atoms with Gasteiger partial charge in [-0.2, -0.15) is 0 Å². The van der Waals surface area contributed by atoms with Crippen LogP contribution in [0.15, 0.2) is 30.3 Å². The number of thiophene rings is 1. The van der Waals surface area contributed by atoms with E-state index in [0.29, 0.717) is 6.04 Å². The second-order valence-corrected chi connectivity index (χ2v) is 4.95. The summed E-state index contributed by atoms with van der Waals surface area (Å²) in [7, 11) is 0. The van der Waals surface area contributed by atoms with Crippen LogP contribution in [-0.2, 0) is 6.54 Å². The molecule has 0 aliphatic heterocycles. The van der Waals surface area contributed by atoms with Crippen LogP contribution < -0.4 is 5.32 Å². The van der Waals surface area contributed by atoms with Crippen molar-refractivity contribution in [3.63, 3.8) is 0 Å². The van der Waals surface area contributed by atoms with Crippen molar-refractivity contribution in [1.29, 1.82) is 0 Å². The Labute approximate surface area is 101 Å². The smallest absolute Gasteiger partial charge is 0.0346 e. The van der Waals surface area contributed by atoms with Crippen LogP contribution >= 0.6 is 23.7 Å². The molecule has 0 saturated carbocycles. The average Bonchev–Trinajstić information content (AvgIpc) is 2.57. The number of benzene rings is 1. The molecule has 0 amide bonds. The first-order valence-electron chi connectivity index (χ1n) is 4.96. The Bertz CT molecular complexity index is 389. The van der Waals surface area contributed by atoms with Crippen LogP contribution in [0.2, 0.25) is 0 Å². The Morgan fingerprint density at radius 2 is 2.00 bits per heavy atom. The zero-order valence-corrected chi connectivity index (χ0v) is 10.6. The fourth-order valence-corrected chi connectivity index (χ4v) is 2.44. The summed E-state index contributed by atoms with van der Waals surface area (Å²) in [4.78, 5) is 1.42. The Morgan fingerprint density at radius 1 is 1.27 bits per heavy atom. The van der Waals surface area contributed by atoms with Crippen molar-refractivity contribution in [1.82, 2.24) is 5.32 Å². The van der Waals surface area contributed by atoms with E-state index in [0.717, 1.165) is 6.54 Å². The Hall–Kier alpha value is -0.570. The van der Waals surface area contributed by atoms with Crippen LogP contribution in [0.25, 0.3) is 10.1 Å². The van der Waals surface area contributed by atoms with E-state index in [9.17, 15) is 0 Å². The number of nitrogens with one attached hydrogen (secondary N) is 1. The summed E-state index contributed by atoms with van der Waals surface area (Å²) in [5, 5.41) is 4.79. The second kappa shape index (κ2) is 5.50. The van der Waals surface area contributed by atoms with Crippen LogP contribution in [0.1, 0.15) is 18.7 Å². The first kappa shape index (κ1) is 12.5. The van der Waals surface area contributed by atoms with Crippen LogP contribution in [0, 0.1) is 0 Å². The average molecular weight is 242 g/mol. The molecule has 2 rings (SSSR count). The lowest BCUT2D eigenvalue weighted by Gasteiger charge is -2.04. The van der Waals surface area contributed by atoms with Crippen molar-refractivity contribution < 1.29 is 0 Å². The molecule has 1 aromatic carbocycles. The quantitative estimate of drug-likeness (QED) is 0.862. The lowest BCUT2D eigenvalue weighted by atomic mass is 10.2. The summed E-state index contributed by atoms with van der Waals surface area (Å²) < 4.78 is 1.38. The highest BCUT2D eigenvalue weighted by Gasteiger charge is 2.00. The van der Waals surface area contributed by atoms with Gasteiger partial charge in [0.05, 0.1) is 0 Å². The van der Waals surface area contributed by atoms with Gasteiger partial charge >= 0.3 is 0 Å². The minimum absolute atomic E-state index is 0. The van der Waals surface area contributed by atoms with Crippen molar-refractivity contribution in [2.75, 3.05) is 0 Å². The molecule has 0 spiro atoms. The molecule has 1 nitrogen and oxygen atoms in total. The highest BCUT2D eigenvalue weighted by molar-refractivity contribution is 7.19. The number of hydrogen-bond donors (Lipinski definition) is 1. The largest absolute Gasteiger partial charge is 0.310 e. The standard InChI is InChI=1S/C12H15NS.ClH/c1-9(2)13-8-11-7-10-5-3-4-6-12(10)14-11;/h3-7,9,13H,8H2,1-2H3;1H. The van der Waals surface area contributed by atoms with Crippen LogP contribution in [0.4, 0.5) is 0 Å². The molecule has 0 aliphatic carbocycles. The van der Waals surface area contributed by atoms with Crippen molar-refractivity contribution in [3.05, 3.63) is 35.2 Å². The van der Waals surface area contributed by atoms with E-state index < -0.39 is 0 Å². The number of fused-ring (bicyclic) bond motifs is 1. The minimum atomic E-state index is 0. The monoisotopic (exact) mass is 241 g/mol. The lowest BCUT2D eigenvalue weighted by Crippen LogP contribution is -2.21. The lowest BCUT2D eigenvalue weighted by molar-refractivity contribution is 0.593. The van der Waals surface area contributed by atoms with Gasteiger partial charge in [-0.1, -0.05) is 32.0 Å². The van der Waals surface area contributed by atoms with E-state index in [2.05, 4.69) is 49.5 Å². The van der Waals surface area contributed by atoms with Crippen molar-refractivity contribution in [2.24, 2.45) is 0 Å². The van der Waals surface area contributed by atoms with Gasteiger partial charge < -0.3 is 5.32 Å². The zero-order valence-electron chi connectivity index (χ0n) is 8.99. The van der Waals surface area contributed by atoms with E-state index in [1.807, 2.05) is 11.3 Å². The number of halogens is 1. The van der Waals surface area contributed by atoms with Gasteiger partial charge in [-0.05, 0) is 17.5 Å². The summed E-state index contributed by atoms with van der Waals surface area (Å²) in [5.74, 6) is 0. The Kier molecular flexibility index (Phi) is 4.58. The predicted octanol–water partition coefficient (Wildman–Crippen LogP) is 3.82. The van der Waals surface area contributed by atoms with Gasteiger partial charge in [0.1, 0.15) is 0 Å². The maximum atomic E-state index is 3.43. The molecule has 82 valence electrons. The van der Waals surface area contributed by atoms with Crippen LogP contribution in [0.3, 0.4) is 0 Å². The van der Waals surface area contributed by atoms with Gasteiger partial charge in [-0.15, -0.1) is 23.7 Å². The number of hydrogen-bond acceptors (Lipinski definition) is 2. The molecule has 0 aliphatic rings. The predicted molar refractivity (Wildman–Crippen MR) is 71.0 cm³/mol. The zero-order chi connectivity index (χ0) is 9.97. The molecule has 0 unspecified atom stereocenters. The van der Waals surface area contributed by atoms with E-state index in [-0.39, 0.29) is 12.4 Å². The Balaban J connectivity index is 0.00000112. The first-order valence-corrected chi connectivity index (χ1v) is 5.78. The molecule has 0 bridgehead atoms. The van der Waals surface area contributed by atoms with Gasteiger partial charge in [0.25, 0.3) is 0 Å². The minimum Gasteiger partial charge on any atom is -0.310 e. The second-order valence-electron chi connectivity index (χ2n) is 3.79. The fraction of sp³-hybridized carbons (Fsp3) is 0.333. The molecular weight excluding hydrogens is 226 g/mol. The van der Waals surface area contributed by atoms with E-state index >= 15 is 0 Å². The van der Waals surface area contributed by atoms with Crippen molar-refractivity contribution in [3.8, 4) is 0 Å². The molecule has 1 aromatic heterocycles. The summed E-state index contributed by atoms with van der Waals surface area (Å²) >= 11 is 1.88. The third-order valence-electron chi connectivity index (χ3n) is 2.16. The molecule has 3 heteroatoms. The Morgan fingerprint density at radius 3 is 2.67 bits per heavy atom. The summed E-state index contributed by atoms with van der Waals surface area (Å²) in [6.07, 6.45) is 0. The van der Waals surface area contributed by atoms with Crippen LogP contribution in [-0.4, -0.2) is 6.04 Å². The third kappa shape index (κ3) is 3.20. The highest BCUT2D eigenvalue weighted by Crippen LogP contribution is 2.24. The molecule has 0 atom stereocenters. The maximum absolute atomic E-state index is 3.43. The molecule has 1 N–H and O–H groups in total.